The fourth-order valence-electron chi connectivity index (χ4n) is 4.90. The highest BCUT2D eigenvalue weighted by molar-refractivity contribution is 5.30. The Balaban J connectivity index is 2.05. The van der Waals surface area contributed by atoms with Crippen LogP contribution in [0.4, 0.5) is 0 Å². The van der Waals surface area contributed by atoms with Crippen LogP contribution in [-0.4, -0.2) is 28.6 Å². The van der Waals surface area contributed by atoms with Gasteiger partial charge in [-0.2, -0.15) is 0 Å². The van der Waals surface area contributed by atoms with Crippen LogP contribution in [0.5, 0.6) is 0 Å². The minimum absolute atomic E-state index is 0.0417. The Kier molecular flexibility index (Phi) is 7.19. The van der Waals surface area contributed by atoms with Gasteiger partial charge < -0.3 is 9.80 Å². The number of hydrogen-bond acceptors (Lipinski definition) is 2. The largest absolute Gasteiger partial charge is 0.353 e. The van der Waals surface area contributed by atoms with Crippen molar-refractivity contribution in [3.05, 3.63) is 84.2 Å². The molecule has 150 valence electrons. The molecule has 2 nitrogen and oxygen atoms in total. The lowest BCUT2D eigenvalue weighted by Crippen LogP contribution is -2.59. The first-order chi connectivity index (χ1) is 13.8. The van der Waals surface area contributed by atoms with Crippen molar-refractivity contribution in [1.82, 2.24) is 9.80 Å². The standard InChI is InChI=1S/C26H36N2/c1-4-7-14-19-28-21-20-27(6-3)26(28,22-23-15-10-8-11-16-23)25(5-2)24-17-12-9-13-18-24/h8-13,15-18,20-21,25H,4-7,14,19,22H2,1-3H3. The van der Waals surface area contributed by atoms with Gasteiger partial charge in [0.15, 0.2) is 0 Å². The van der Waals surface area contributed by atoms with Gasteiger partial charge in [-0.1, -0.05) is 87.4 Å². The van der Waals surface area contributed by atoms with Gasteiger partial charge in [0.1, 0.15) is 5.66 Å². The molecule has 1 aliphatic heterocycles. The van der Waals surface area contributed by atoms with Crippen molar-refractivity contribution in [2.24, 2.45) is 0 Å². The average molecular weight is 377 g/mol. The van der Waals surface area contributed by atoms with Crippen molar-refractivity contribution < 1.29 is 0 Å². The number of benzene rings is 2. The van der Waals surface area contributed by atoms with Crippen molar-refractivity contribution >= 4 is 0 Å². The molecule has 28 heavy (non-hydrogen) atoms. The molecule has 0 amide bonds. The van der Waals surface area contributed by atoms with E-state index in [0.29, 0.717) is 5.92 Å². The summed E-state index contributed by atoms with van der Waals surface area (Å²) in [5.74, 6) is 0.450. The van der Waals surface area contributed by atoms with Crippen molar-refractivity contribution in [2.75, 3.05) is 13.1 Å². The van der Waals surface area contributed by atoms with Gasteiger partial charge in [0, 0.05) is 37.8 Å². The van der Waals surface area contributed by atoms with Crippen molar-refractivity contribution in [3.63, 3.8) is 0 Å². The molecular weight excluding hydrogens is 340 g/mol. The molecule has 2 aromatic carbocycles. The first kappa shape index (κ1) is 20.5. The lowest BCUT2D eigenvalue weighted by molar-refractivity contribution is 0.0000497. The minimum Gasteiger partial charge on any atom is -0.353 e. The smallest absolute Gasteiger partial charge is 0.123 e. The van der Waals surface area contributed by atoms with E-state index in [9.17, 15) is 0 Å². The van der Waals surface area contributed by atoms with E-state index < -0.39 is 0 Å². The fraction of sp³-hybridized carbons (Fsp3) is 0.462. The highest BCUT2D eigenvalue weighted by Crippen LogP contribution is 2.44. The van der Waals surface area contributed by atoms with Crippen molar-refractivity contribution in [3.8, 4) is 0 Å². The molecular formula is C26H36N2. The molecule has 0 bridgehead atoms. The molecule has 0 aromatic heterocycles. The summed E-state index contributed by atoms with van der Waals surface area (Å²) in [7, 11) is 0. The van der Waals surface area contributed by atoms with E-state index in [4.69, 9.17) is 0 Å². The summed E-state index contributed by atoms with van der Waals surface area (Å²) in [5.41, 5.74) is 2.82. The van der Waals surface area contributed by atoms with E-state index in [-0.39, 0.29) is 5.66 Å². The van der Waals surface area contributed by atoms with E-state index in [1.54, 1.807) is 0 Å². The molecule has 0 fully saturated rings. The lowest BCUT2D eigenvalue weighted by atomic mass is 9.78. The van der Waals surface area contributed by atoms with Gasteiger partial charge >= 0.3 is 0 Å². The number of likely N-dealkylation sites (N-methyl/N-ethyl adjacent to an activating group) is 1. The molecule has 1 heterocycles. The molecule has 1 aliphatic rings. The zero-order valence-electron chi connectivity index (χ0n) is 17.8. The Morgan fingerprint density at radius 2 is 1.43 bits per heavy atom. The summed E-state index contributed by atoms with van der Waals surface area (Å²) in [4.78, 5) is 5.24. The van der Waals surface area contributed by atoms with Crippen LogP contribution >= 0.6 is 0 Å². The van der Waals surface area contributed by atoms with Gasteiger partial charge in [-0.25, -0.2) is 0 Å². The van der Waals surface area contributed by atoms with E-state index in [2.05, 4.69) is 104 Å². The molecule has 0 N–H and O–H groups in total. The minimum atomic E-state index is -0.0417. The topological polar surface area (TPSA) is 6.48 Å². The first-order valence-corrected chi connectivity index (χ1v) is 11.1. The van der Waals surface area contributed by atoms with E-state index in [1.165, 1.54) is 30.4 Å². The molecule has 0 saturated heterocycles. The Bertz CT molecular complexity index is 725. The predicted molar refractivity (Wildman–Crippen MR) is 120 cm³/mol. The fourth-order valence-corrected chi connectivity index (χ4v) is 4.90. The van der Waals surface area contributed by atoms with Crippen molar-refractivity contribution in [2.45, 2.75) is 64.5 Å². The summed E-state index contributed by atoms with van der Waals surface area (Å²) >= 11 is 0. The normalized spacial score (nSPS) is 20.0. The maximum Gasteiger partial charge on any atom is 0.123 e. The van der Waals surface area contributed by atoms with Crippen LogP contribution < -0.4 is 0 Å². The molecule has 2 unspecified atom stereocenters. The van der Waals surface area contributed by atoms with Gasteiger partial charge in [-0.05, 0) is 30.9 Å². The van der Waals surface area contributed by atoms with Crippen LogP contribution in [0.25, 0.3) is 0 Å². The summed E-state index contributed by atoms with van der Waals surface area (Å²) in [6.45, 7) is 9.07. The number of nitrogens with zero attached hydrogens (tertiary/aromatic N) is 2. The summed E-state index contributed by atoms with van der Waals surface area (Å²) < 4.78 is 0. The van der Waals surface area contributed by atoms with Gasteiger partial charge in [0.25, 0.3) is 0 Å². The zero-order chi connectivity index (χ0) is 19.8. The molecule has 0 radical (unpaired) electrons. The maximum absolute atomic E-state index is 2.65. The molecule has 3 rings (SSSR count). The Morgan fingerprint density at radius 3 is 2.04 bits per heavy atom. The Hall–Kier alpha value is -2.22. The quantitative estimate of drug-likeness (QED) is 0.442. The van der Waals surface area contributed by atoms with Crippen LogP contribution in [0.3, 0.4) is 0 Å². The molecule has 2 atom stereocenters. The Labute approximate surface area is 171 Å². The first-order valence-electron chi connectivity index (χ1n) is 11.1. The van der Waals surface area contributed by atoms with Gasteiger partial charge in [0.05, 0.1) is 0 Å². The zero-order valence-corrected chi connectivity index (χ0v) is 17.8. The van der Waals surface area contributed by atoms with Gasteiger partial charge in [-0.15, -0.1) is 0 Å². The maximum atomic E-state index is 2.65. The van der Waals surface area contributed by atoms with E-state index >= 15 is 0 Å². The highest BCUT2D eigenvalue weighted by Gasteiger charge is 2.48. The monoisotopic (exact) mass is 376 g/mol. The van der Waals surface area contributed by atoms with Gasteiger partial charge in [0.2, 0.25) is 0 Å². The lowest BCUT2D eigenvalue weighted by Gasteiger charge is -2.51. The van der Waals surface area contributed by atoms with Gasteiger partial charge in [-0.3, -0.25) is 0 Å². The molecule has 2 heteroatoms. The van der Waals surface area contributed by atoms with E-state index in [1.807, 2.05) is 0 Å². The van der Waals surface area contributed by atoms with Crippen LogP contribution in [0.2, 0.25) is 0 Å². The number of unbranched alkanes of at least 4 members (excludes halogenated alkanes) is 2. The number of rotatable bonds is 10. The predicted octanol–water partition coefficient (Wildman–Crippen LogP) is 6.42. The summed E-state index contributed by atoms with van der Waals surface area (Å²) in [6.07, 6.45) is 10.7. The second-order valence-electron chi connectivity index (χ2n) is 7.90. The Morgan fingerprint density at radius 1 is 0.786 bits per heavy atom. The summed E-state index contributed by atoms with van der Waals surface area (Å²) in [6, 6.07) is 22.2. The second kappa shape index (κ2) is 9.82. The number of hydrogen-bond donors (Lipinski definition) is 0. The van der Waals surface area contributed by atoms with Crippen LogP contribution in [0, 0.1) is 0 Å². The molecule has 0 saturated carbocycles. The van der Waals surface area contributed by atoms with E-state index in [0.717, 1.165) is 25.9 Å². The summed E-state index contributed by atoms with van der Waals surface area (Å²) in [5, 5.41) is 0. The van der Waals surface area contributed by atoms with Crippen LogP contribution in [0.1, 0.15) is 63.5 Å². The molecule has 0 aliphatic carbocycles. The molecule has 2 aromatic rings. The third-order valence-corrected chi connectivity index (χ3v) is 6.24. The molecule has 0 spiro atoms. The van der Waals surface area contributed by atoms with Crippen LogP contribution in [0.15, 0.2) is 73.1 Å². The third-order valence-electron chi connectivity index (χ3n) is 6.24. The van der Waals surface area contributed by atoms with Crippen LogP contribution in [-0.2, 0) is 6.42 Å². The second-order valence-corrected chi connectivity index (χ2v) is 7.90. The SMILES string of the molecule is CCCCCN1C=CN(CC)C1(Cc1ccccc1)C(CC)c1ccccc1. The third kappa shape index (κ3) is 4.11. The van der Waals surface area contributed by atoms with Crippen molar-refractivity contribution in [1.29, 1.82) is 0 Å². The average Bonchev–Trinajstić information content (AvgIpc) is 3.08. The highest BCUT2D eigenvalue weighted by atomic mass is 15.4.